The van der Waals surface area contributed by atoms with E-state index in [1.54, 1.807) is 17.5 Å². The molecule has 1 aliphatic heterocycles. The quantitative estimate of drug-likeness (QED) is 0.273. The summed E-state index contributed by atoms with van der Waals surface area (Å²) in [6.45, 7) is 1.99. The van der Waals surface area contributed by atoms with Gasteiger partial charge in [-0.25, -0.2) is 0 Å². The molecule has 1 aliphatic rings. The molecule has 1 fully saturated rings. The molecule has 178 valence electrons. The molecule has 0 bridgehead atoms. The number of ether oxygens (including phenoxy) is 1. The number of rotatable bonds is 5. The van der Waals surface area contributed by atoms with E-state index >= 15 is 0 Å². The molecular weight excluding hydrogens is 468 g/mol. The highest BCUT2D eigenvalue weighted by atomic mass is 32.1. The van der Waals surface area contributed by atoms with Gasteiger partial charge < -0.3 is 15.0 Å². The Bertz CT molecular complexity index is 1660. The number of aromatic amines is 2. The summed E-state index contributed by atoms with van der Waals surface area (Å²) >= 11 is 1.69. The highest BCUT2D eigenvalue weighted by molar-refractivity contribution is 7.08. The summed E-state index contributed by atoms with van der Waals surface area (Å²) in [6.07, 6.45) is 9.76. The molecule has 36 heavy (non-hydrogen) atoms. The Labute approximate surface area is 211 Å². The summed E-state index contributed by atoms with van der Waals surface area (Å²) in [4.78, 5) is 12.4. The largest absolute Gasteiger partial charge is 0.489 e. The Morgan fingerprint density at radius 1 is 0.833 bits per heavy atom. The molecular formula is C28H24N6OS. The van der Waals surface area contributed by atoms with Crippen molar-refractivity contribution in [3.8, 4) is 39.4 Å². The summed E-state index contributed by atoms with van der Waals surface area (Å²) in [5, 5.41) is 17.7. The van der Waals surface area contributed by atoms with Crippen molar-refractivity contribution in [2.75, 3.05) is 13.1 Å². The zero-order chi connectivity index (χ0) is 23.9. The lowest BCUT2D eigenvalue weighted by atomic mass is 10.0. The first-order chi connectivity index (χ1) is 17.8. The van der Waals surface area contributed by atoms with E-state index in [9.17, 15) is 0 Å². The minimum Gasteiger partial charge on any atom is -0.489 e. The van der Waals surface area contributed by atoms with Gasteiger partial charge in [-0.1, -0.05) is 6.07 Å². The summed E-state index contributed by atoms with van der Waals surface area (Å²) in [5.74, 6) is 0.816. The Morgan fingerprint density at radius 2 is 1.75 bits per heavy atom. The van der Waals surface area contributed by atoms with Crippen molar-refractivity contribution in [3.63, 3.8) is 0 Å². The van der Waals surface area contributed by atoms with Gasteiger partial charge in [0.2, 0.25) is 0 Å². The average molecular weight is 493 g/mol. The number of pyridine rings is 2. The van der Waals surface area contributed by atoms with Gasteiger partial charge in [-0.15, -0.1) is 0 Å². The highest BCUT2D eigenvalue weighted by Crippen LogP contribution is 2.35. The molecule has 0 aliphatic carbocycles. The minimum atomic E-state index is 0.238. The zero-order valence-electron chi connectivity index (χ0n) is 19.5. The van der Waals surface area contributed by atoms with Crippen LogP contribution in [0.25, 0.3) is 55.4 Å². The molecule has 0 unspecified atom stereocenters. The van der Waals surface area contributed by atoms with Crippen LogP contribution in [0.1, 0.15) is 12.8 Å². The Kier molecular flexibility index (Phi) is 5.26. The lowest BCUT2D eigenvalue weighted by molar-refractivity contribution is 0.162. The molecule has 7 nitrogen and oxygen atoms in total. The summed E-state index contributed by atoms with van der Waals surface area (Å²) < 4.78 is 6.23. The SMILES string of the molecule is c1cc(-c2cncc3[nH]c(-c4n[nH]c5ccc(-c6cncc(OC7CCNCC7)c6)cc45)cc23)cs1. The lowest BCUT2D eigenvalue weighted by Crippen LogP contribution is -2.34. The van der Waals surface area contributed by atoms with E-state index in [1.807, 2.05) is 18.6 Å². The zero-order valence-corrected chi connectivity index (χ0v) is 20.3. The predicted molar refractivity (Wildman–Crippen MR) is 144 cm³/mol. The van der Waals surface area contributed by atoms with Gasteiger partial charge in [0.25, 0.3) is 0 Å². The molecule has 0 atom stereocenters. The first-order valence-electron chi connectivity index (χ1n) is 12.1. The number of fused-ring (bicyclic) bond motifs is 2. The topological polar surface area (TPSA) is 91.5 Å². The van der Waals surface area contributed by atoms with E-state index in [2.05, 4.69) is 77.6 Å². The van der Waals surface area contributed by atoms with Crippen LogP contribution in [0, 0.1) is 0 Å². The molecule has 0 radical (unpaired) electrons. The van der Waals surface area contributed by atoms with Crippen LogP contribution in [0.2, 0.25) is 0 Å². The van der Waals surface area contributed by atoms with E-state index in [0.717, 1.165) is 81.6 Å². The molecule has 8 heteroatoms. The van der Waals surface area contributed by atoms with Crippen LogP contribution in [-0.4, -0.2) is 44.3 Å². The van der Waals surface area contributed by atoms with Gasteiger partial charge in [-0.3, -0.25) is 15.1 Å². The van der Waals surface area contributed by atoms with Crippen molar-refractivity contribution >= 4 is 33.1 Å². The highest BCUT2D eigenvalue weighted by Gasteiger charge is 2.17. The van der Waals surface area contributed by atoms with E-state index in [0.29, 0.717) is 0 Å². The van der Waals surface area contributed by atoms with Crippen LogP contribution in [0.15, 0.2) is 71.9 Å². The number of nitrogens with zero attached hydrogens (tertiary/aromatic N) is 3. The van der Waals surface area contributed by atoms with Crippen LogP contribution in [-0.2, 0) is 0 Å². The molecule has 3 N–H and O–H groups in total. The fraction of sp³-hybridized carbons (Fsp3) is 0.179. The maximum Gasteiger partial charge on any atom is 0.138 e. The van der Waals surface area contributed by atoms with Gasteiger partial charge in [0.15, 0.2) is 0 Å². The van der Waals surface area contributed by atoms with Crippen LogP contribution in [0.4, 0.5) is 0 Å². The molecule has 1 saturated heterocycles. The fourth-order valence-corrected chi connectivity index (χ4v) is 5.63. The summed E-state index contributed by atoms with van der Waals surface area (Å²) in [5.41, 5.74) is 8.21. The van der Waals surface area contributed by atoms with Crippen molar-refractivity contribution in [3.05, 3.63) is 71.9 Å². The molecule has 6 aromatic rings. The third kappa shape index (κ3) is 3.84. The van der Waals surface area contributed by atoms with Gasteiger partial charge in [-0.2, -0.15) is 16.4 Å². The van der Waals surface area contributed by atoms with Crippen LogP contribution >= 0.6 is 11.3 Å². The normalized spacial score (nSPS) is 14.6. The lowest BCUT2D eigenvalue weighted by Gasteiger charge is -2.23. The Hall–Kier alpha value is -4.01. The molecule has 0 saturated carbocycles. The molecule has 0 amide bonds. The van der Waals surface area contributed by atoms with Crippen LogP contribution < -0.4 is 10.1 Å². The van der Waals surface area contributed by atoms with Gasteiger partial charge in [-0.05, 0) is 78.2 Å². The molecule has 5 aromatic heterocycles. The molecule has 6 heterocycles. The van der Waals surface area contributed by atoms with E-state index in [-0.39, 0.29) is 6.10 Å². The molecule has 0 spiro atoms. The number of H-pyrrole nitrogens is 2. The number of hydrogen-bond donors (Lipinski definition) is 3. The second-order valence-electron chi connectivity index (χ2n) is 9.15. The van der Waals surface area contributed by atoms with E-state index in [4.69, 9.17) is 4.74 Å². The minimum absolute atomic E-state index is 0.238. The van der Waals surface area contributed by atoms with E-state index in [1.165, 1.54) is 5.56 Å². The number of aromatic nitrogens is 5. The van der Waals surface area contributed by atoms with Crippen molar-refractivity contribution < 1.29 is 4.74 Å². The summed E-state index contributed by atoms with van der Waals surface area (Å²) in [6, 6.07) is 12.7. The number of nitrogens with one attached hydrogen (secondary N) is 3. The number of thiophene rings is 1. The van der Waals surface area contributed by atoms with Crippen molar-refractivity contribution in [1.29, 1.82) is 0 Å². The monoisotopic (exact) mass is 492 g/mol. The van der Waals surface area contributed by atoms with Crippen molar-refractivity contribution in [1.82, 2.24) is 30.5 Å². The maximum absolute atomic E-state index is 6.23. The summed E-state index contributed by atoms with van der Waals surface area (Å²) in [7, 11) is 0. The number of piperidine rings is 1. The number of benzene rings is 1. The standard InChI is InChI=1S/C28H24N6OS/c1-2-25-23(10-17(1)19-9-21(13-30-12-19)35-20-3-6-29-7-4-20)28(34-33-25)26-11-22-24(18-5-8-36-16-18)14-31-15-27(22)32-26/h1-2,5,8-16,20,29,32H,3-4,6-7H2,(H,33,34). The van der Waals surface area contributed by atoms with Gasteiger partial charge in [0, 0.05) is 34.3 Å². The van der Waals surface area contributed by atoms with Gasteiger partial charge >= 0.3 is 0 Å². The third-order valence-electron chi connectivity index (χ3n) is 6.83. The second kappa shape index (κ2) is 8.89. The average Bonchev–Trinajstić information content (AvgIpc) is 3.68. The Balaban J connectivity index is 1.26. The predicted octanol–water partition coefficient (Wildman–Crippen LogP) is 6.03. The second-order valence-corrected chi connectivity index (χ2v) is 9.93. The van der Waals surface area contributed by atoms with Crippen molar-refractivity contribution in [2.45, 2.75) is 18.9 Å². The Morgan fingerprint density at radius 3 is 2.64 bits per heavy atom. The van der Waals surface area contributed by atoms with Crippen LogP contribution in [0.3, 0.4) is 0 Å². The molecule has 1 aromatic carbocycles. The van der Waals surface area contributed by atoms with Gasteiger partial charge in [0.05, 0.1) is 29.1 Å². The third-order valence-corrected chi connectivity index (χ3v) is 7.51. The maximum atomic E-state index is 6.23. The van der Waals surface area contributed by atoms with Crippen LogP contribution in [0.5, 0.6) is 5.75 Å². The molecule has 7 rings (SSSR count). The first-order valence-corrected chi connectivity index (χ1v) is 13.1. The van der Waals surface area contributed by atoms with E-state index < -0.39 is 0 Å². The van der Waals surface area contributed by atoms with Crippen molar-refractivity contribution in [2.24, 2.45) is 0 Å². The fourth-order valence-electron chi connectivity index (χ4n) is 4.97. The number of hydrogen-bond acceptors (Lipinski definition) is 6. The first kappa shape index (κ1) is 21.3. The smallest absolute Gasteiger partial charge is 0.138 e. The van der Waals surface area contributed by atoms with Gasteiger partial charge in [0.1, 0.15) is 17.5 Å².